The van der Waals surface area contributed by atoms with E-state index in [0.717, 1.165) is 16.9 Å². The van der Waals surface area contributed by atoms with Crippen LogP contribution in [0, 0.1) is 6.92 Å². The van der Waals surface area contributed by atoms with Crippen molar-refractivity contribution in [1.82, 2.24) is 4.98 Å². The highest BCUT2D eigenvalue weighted by Gasteiger charge is 2.27. The molecule has 0 atom stereocenters. The van der Waals surface area contributed by atoms with Gasteiger partial charge in [-0.05, 0) is 48.9 Å². The van der Waals surface area contributed by atoms with Gasteiger partial charge in [0.2, 0.25) is 5.88 Å². The molecule has 1 aromatic heterocycles. The fraction of sp³-hybridized carbons (Fsp3) is 0.261. The molecule has 26 heavy (non-hydrogen) atoms. The number of ether oxygens (including phenoxy) is 1. The molecule has 4 rings (SSSR count). The van der Waals surface area contributed by atoms with Crippen LogP contribution in [0.25, 0.3) is 11.1 Å². The van der Waals surface area contributed by atoms with Gasteiger partial charge in [0.05, 0.1) is 0 Å². The van der Waals surface area contributed by atoms with Gasteiger partial charge in [0.1, 0.15) is 6.61 Å². The largest absolute Gasteiger partial charge is 0.473 e. The number of aryl methyl sites for hydroxylation is 1. The van der Waals surface area contributed by atoms with Crippen LogP contribution in [0.3, 0.4) is 0 Å². The molecule has 1 saturated carbocycles. The Morgan fingerprint density at radius 1 is 1.00 bits per heavy atom. The zero-order valence-corrected chi connectivity index (χ0v) is 15.3. The Hall–Kier alpha value is -2.81. The van der Waals surface area contributed by atoms with Gasteiger partial charge in [-0.3, -0.25) is 0 Å². The Labute approximate surface area is 155 Å². The van der Waals surface area contributed by atoms with E-state index in [-0.39, 0.29) is 0 Å². The topological polar surface area (TPSA) is 34.1 Å². The molecule has 0 aliphatic heterocycles. The van der Waals surface area contributed by atoms with Crippen molar-refractivity contribution in [1.29, 1.82) is 0 Å². The normalized spacial score (nSPS) is 13.5. The Morgan fingerprint density at radius 3 is 2.50 bits per heavy atom. The lowest BCUT2D eigenvalue weighted by Gasteiger charge is -2.15. The quantitative estimate of drug-likeness (QED) is 0.636. The number of benzene rings is 2. The first kappa shape index (κ1) is 16.6. The number of anilines is 1. The molecule has 0 unspecified atom stereocenters. The van der Waals surface area contributed by atoms with Crippen LogP contribution < -0.4 is 10.1 Å². The molecule has 1 heterocycles. The lowest BCUT2D eigenvalue weighted by Crippen LogP contribution is -2.05. The maximum absolute atomic E-state index is 6.07. The van der Waals surface area contributed by atoms with E-state index in [1.165, 1.54) is 29.5 Å². The van der Waals surface area contributed by atoms with Crippen molar-refractivity contribution in [3.05, 3.63) is 77.5 Å². The van der Waals surface area contributed by atoms with Crippen LogP contribution in [0.15, 0.2) is 60.7 Å². The summed E-state index contributed by atoms with van der Waals surface area (Å²) in [6, 6.07) is 20.9. The van der Waals surface area contributed by atoms with Crippen LogP contribution in [0.5, 0.6) is 5.88 Å². The Balaban J connectivity index is 1.55. The Kier molecular flexibility index (Phi) is 4.61. The van der Waals surface area contributed by atoms with Crippen LogP contribution in [-0.2, 0) is 6.61 Å². The summed E-state index contributed by atoms with van der Waals surface area (Å²) in [6.45, 7) is 2.58. The first-order valence-corrected chi connectivity index (χ1v) is 9.21. The number of rotatable bonds is 6. The van der Waals surface area contributed by atoms with Gasteiger partial charge < -0.3 is 10.1 Å². The highest BCUT2D eigenvalue weighted by molar-refractivity contribution is 5.65. The van der Waals surface area contributed by atoms with E-state index in [4.69, 9.17) is 4.74 Å². The van der Waals surface area contributed by atoms with E-state index < -0.39 is 0 Å². The van der Waals surface area contributed by atoms with Crippen molar-refractivity contribution < 1.29 is 4.74 Å². The smallest absolute Gasteiger partial charge is 0.213 e. The highest BCUT2D eigenvalue weighted by Crippen LogP contribution is 2.43. The van der Waals surface area contributed by atoms with Crippen LogP contribution in [0.4, 0.5) is 5.69 Å². The third-order valence-corrected chi connectivity index (χ3v) is 5.01. The third kappa shape index (κ3) is 3.43. The fourth-order valence-electron chi connectivity index (χ4n) is 3.46. The molecule has 2 aromatic carbocycles. The minimum absolute atomic E-state index is 0.542. The lowest BCUT2D eigenvalue weighted by molar-refractivity contribution is 0.293. The molecule has 0 saturated heterocycles. The van der Waals surface area contributed by atoms with Crippen molar-refractivity contribution in [3.63, 3.8) is 0 Å². The zero-order chi connectivity index (χ0) is 17.9. The third-order valence-electron chi connectivity index (χ3n) is 5.01. The summed E-state index contributed by atoms with van der Waals surface area (Å²) < 4.78 is 6.07. The van der Waals surface area contributed by atoms with E-state index in [1.54, 1.807) is 0 Å². The fourth-order valence-corrected chi connectivity index (χ4v) is 3.46. The van der Waals surface area contributed by atoms with E-state index >= 15 is 0 Å². The number of aromatic nitrogens is 1. The van der Waals surface area contributed by atoms with Crippen LogP contribution in [-0.4, -0.2) is 12.0 Å². The molecule has 0 spiro atoms. The molecule has 1 aliphatic carbocycles. The predicted molar refractivity (Wildman–Crippen MR) is 107 cm³/mol. The highest BCUT2D eigenvalue weighted by atomic mass is 16.5. The van der Waals surface area contributed by atoms with E-state index in [0.29, 0.717) is 18.4 Å². The molecule has 1 aliphatic rings. The zero-order valence-electron chi connectivity index (χ0n) is 15.3. The van der Waals surface area contributed by atoms with Crippen LogP contribution in [0.2, 0.25) is 0 Å². The predicted octanol–water partition coefficient (Wildman–Crippen LogP) is 5.56. The van der Waals surface area contributed by atoms with Gasteiger partial charge in [0.25, 0.3) is 0 Å². The molecular formula is C23H24N2O. The molecule has 132 valence electrons. The van der Waals surface area contributed by atoms with Crippen molar-refractivity contribution in [3.8, 4) is 17.0 Å². The number of hydrogen-bond acceptors (Lipinski definition) is 3. The van der Waals surface area contributed by atoms with Crippen LogP contribution in [0.1, 0.15) is 35.6 Å². The van der Waals surface area contributed by atoms with Gasteiger partial charge in [-0.25, -0.2) is 4.98 Å². The van der Waals surface area contributed by atoms with E-state index in [9.17, 15) is 0 Å². The summed E-state index contributed by atoms with van der Waals surface area (Å²) >= 11 is 0. The van der Waals surface area contributed by atoms with Gasteiger partial charge in [-0.1, -0.05) is 42.5 Å². The average molecular weight is 344 g/mol. The number of nitrogens with zero attached hydrogens (tertiary/aromatic N) is 1. The molecule has 1 N–H and O–H groups in total. The molecule has 1 fully saturated rings. The molecule has 3 aromatic rings. The summed E-state index contributed by atoms with van der Waals surface area (Å²) in [5.74, 6) is 1.37. The number of hydrogen-bond donors (Lipinski definition) is 1. The second-order valence-electron chi connectivity index (χ2n) is 6.83. The summed E-state index contributed by atoms with van der Waals surface area (Å²) in [5, 5.41) is 3.30. The Bertz CT molecular complexity index is 901. The number of nitrogens with one attached hydrogen (secondary N) is 1. The van der Waals surface area contributed by atoms with Crippen LogP contribution >= 0.6 is 0 Å². The van der Waals surface area contributed by atoms with Gasteiger partial charge >= 0.3 is 0 Å². The van der Waals surface area contributed by atoms with Gasteiger partial charge in [-0.2, -0.15) is 0 Å². The number of pyridine rings is 1. The Morgan fingerprint density at radius 2 is 1.81 bits per heavy atom. The lowest BCUT2D eigenvalue weighted by atomic mass is 10.0. The monoisotopic (exact) mass is 344 g/mol. The first-order valence-electron chi connectivity index (χ1n) is 9.21. The summed E-state index contributed by atoms with van der Waals surface area (Å²) in [6.07, 6.45) is 2.56. The second kappa shape index (κ2) is 7.20. The maximum atomic E-state index is 6.07. The summed E-state index contributed by atoms with van der Waals surface area (Å²) in [7, 11) is 1.96. The van der Waals surface area contributed by atoms with Gasteiger partial charge in [-0.15, -0.1) is 0 Å². The first-order chi connectivity index (χ1) is 12.8. The van der Waals surface area contributed by atoms with Gasteiger partial charge in [0.15, 0.2) is 0 Å². The molecule has 0 bridgehead atoms. The van der Waals surface area contributed by atoms with Crippen molar-refractivity contribution in [2.24, 2.45) is 0 Å². The molecule has 0 amide bonds. The SMILES string of the molecule is CNc1cccc(C2CC2)c1COc1ccc(-c2ccccc2)c(C)n1. The minimum atomic E-state index is 0.542. The molecule has 0 radical (unpaired) electrons. The van der Waals surface area contributed by atoms with Crippen molar-refractivity contribution >= 4 is 5.69 Å². The van der Waals surface area contributed by atoms with Crippen molar-refractivity contribution in [2.75, 3.05) is 12.4 Å². The van der Waals surface area contributed by atoms with E-state index in [2.05, 4.69) is 46.7 Å². The van der Waals surface area contributed by atoms with Gasteiger partial charge in [0, 0.05) is 35.6 Å². The maximum Gasteiger partial charge on any atom is 0.213 e. The standard InChI is InChI=1S/C23H24N2O/c1-16-19(17-7-4-3-5-8-17)13-14-23(25-16)26-15-21-20(18-11-12-18)9-6-10-22(21)24-2/h3-10,13-14,18,24H,11-12,15H2,1-2H3. The average Bonchev–Trinajstić information content (AvgIpc) is 3.52. The molecule has 3 heteroatoms. The van der Waals surface area contributed by atoms with E-state index in [1.807, 2.05) is 38.2 Å². The summed E-state index contributed by atoms with van der Waals surface area (Å²) in [5.41, 5.74) is 7.12. The molecular weight excluding hydrogens is 320 g/mol. The molecule has 3 nitrogen and oxygen atoms in total. The summed E-state index contributed by atoms with van der Waals surface area (Å²) in [4.78, 5) is 4.67. The minimum Gasteiger partial charge on any atom is -0.473 e. The van der Waals surface area contributed by atoms with Crippen molar-refractivity contribution in [2.45, 2.75) is 32.3 Å². The second-order valence-corrected chi connectivity index (χ2v) is 6.83.